The summed E-state index contributed by atoms with van der Waals surface area (Å²) in [7, 11) is 0. The molecule has 0 saturated carbocycles. The zero-order valence-electron chi connectivity index (χ0n) is 12.6. The first-order chi connectivity index (χ1) is 11.3. The van der Waals surface area contributed by atoms with Gasteiger partial charge in [0.25, 0.3) is 5.91 Å². The summed E-state index contributed by atoms with van der Waals surface area (Å²) >= 11 is 0. The highest BCUT2D eigenvalue weighted by molar-refractivity contribution is 5.81. The lowest BCUT2D eigenvalue weighted by molar-refractivity contribution is -0.135. The summed E-state index contributed by atoms with van der Waals surface area (Å²) < 4.78 is 16.3. The SMILES string of the molecule is O=C(NC1NNCC1c1ccc2c(c1)OCO2)[C@H]1CNCCO1. The van der Waals surface area contributed by atoms with Crippen molar-refractivity contribution in [2.24, 2.45) is 0 Å². The number of carbonyl (C=O) groups is 1. The van der Waals surface area contributed by atoms with Gasteiger partial charge < -0.3 is 24.8 Å². The molecule has 8 heteroatoms. The molecule has 3 heterocycles. The lowest BCUT2D eigenvalue weighted by Gasteiger charge is -2.26. The van der Waals surface area contributed by atoms with Gasteiger partial charge in [-0.1, -0.05) is 6.07 Å². The van der Waals surface area contributed by atoms with E-state index in [0.717, 1.165) is 23.6 Å². The van der Waals surface area contributed by atoms with Crippen LogP contribution in [0.3, 0.4) is 0 Å². The van der Waals surface area contributed by atoms with Crippen LogP contribution in [0.2, 0.25) is 0 Å². The molecule has 3 aliphatic heterocycles. The van der Waals surface area contributed by atoms with Crippen molar-refractivity contribution in [1.29, 1.82) is 0 Å². The van der Waals surface area contributed by atoms with Gasteiger partial charge in [-0.25, -0.2) is 5.43 Å². The molecule has 1 aromatic carbocycles. The van der Waals surface area contributed by atoms with E-state index in [2.05, 4.69) is 21.5 Å². The van der Waals surface area contributed by atoms with E-state index in [1.807, 2.05) is 18.2 Å². The van der Waals surface area contributed by atoms with E-state index in [1.165, 1.54) is 0 Å². The molecule has 2 saturated heterocycles. The fourth-order valence-corrected chi connectivity index (χ4v) is 3.07. The highest BCUT2D eigenvalue weighted by Gasteiger charge is 2.33. The van der Waals surface area contributed by atoms with Crippen molar-refractivity contribution in [2.75, 3.05) is 33.0 Å². The number of hydrazine groups is 1. The molecule has 23 heavy (non-hydrogen) atoms. The summed E-state index contributed by atoms with van der Waals surface area (Å²) in [6.07, 6.45) is -0.642. The number of ether oxygens (including phenoxy) is 3. The average Bonchev–Trinajstić information content (AvgIpc) is 3.23. The van der Waals surface area contributed by atoms with Crippen LogP contribution >= 0.6 is 0 Å². The number of hydrogen-bond donors (Lipinski definition) is 4. The Labute approximate surface area is 133 Å². The van der Waals surface area contributed by atoms with Crippen LogP contribution in [0, 0.1) is 0 Å². The molecule has 8 nitrogen and oxygen atoms in total. The number of amides is 1. The zero-order chi connectivity index (χ0) is 15.6. The maximum Gasteiger partial charge on any atom is 0.251 e. The topological polar surface area (TPSA) is 92.9 Å². The number of fused-ring (bicyclic) bond motifs is 1. The maximum atomic E-state index is 12.3. The lowest BCUT2D eigenvalue weighted by atomic mass is 9.96. The lowest BCUT2D eigenvalue weighted by Crippen LogP contribution is -2.54. The molecule has 4 N–H and O–H groups in total. The van der Waals surface area contributed by atoms with Gasteiger partial charge in [0.05, 0.1) is 6.61 Å². The minimum Gasteiger partial charge on any atom is -0.454 e. The van der Waals surface area contributed by atoms with Crippen molar-refractivity contribution in [1.82, 2.24) is 21.5 Å². The van der Waals surface area contributed by atoms with Gasteiger partial charge in [-0.3, -0.25) is 10.2 Å². The Morgan fingerprint density at radius 2 is 2.13 bits per heavy atom. The standard InChI is InChI=1S/C15H20N4O4/c20-15(13-7-16-3-4-21-13)18-14-10(6-17-19-14)9-1-2-11-12(5-9)23-8-22-11/h1-2,5,10,13-14,16-17,19H,3-4,6-8H2,(H,18,20)/t10?,13-,14?/m1/s1. The van der Waals surface area contributed by atoms with E-state index in [9.17, 15) is 4.79 Å². The first kappa shape index (κ1) is 14.7. The normalized spacial score (nSPS) is 29.5. The Balaban J connectivity index is 1.45. The smallest absolute Gasteiger partial charge is 0.251 e. The monoisotopic (exact) mass is 320 g/mol. The third-order valence-corrected chi connectivity index (χ3v) is 4.32. The first-order valence-corrected chi connectivity index (χ1v) is 7.82. The van der Waals surface area contributed by atoms with E-state index >= 15 is 0 Å². The molecule has 0 spiro atoms. The summed E-state index contributed by atoms with van der Waals surface area (Å²) in [5.41, 5.74) is 7.30. The Morgan fingerprint density at radius 3 is 3.00 bits per heavy atom. The molecule has 1 aromatic rings. The van der Waals surface area contributed by atoms with Crippen LogP contribution in [-0.4, -0.2) is 51.2 Å². The van der Waals surface area contributed by atoms with Crippen LogP contribution < -0.4 is 31.0 Å². The van der Waals surface area contributed by atoms with Gasteiger partial charge >= 0.3 is 0 Å². The molecule has 3 aliphatic rings. The predicted octanol–water partition coefficient (Wildman–Crippen LogP) is -0.963. The number of rotatable bonds is 3. The largest absolute Gasteiger partial charge is 0.454 e. The third kappa shape index (κ3) is 2.98. The van der Waals surface area contributed by atoms with Crippen molar-refractivity contribution in [3.63, 3.8) is 0 Å². The second kappa shape index (κ2) is 6.32. The van der Waals surface area contributed by atoms with Gasteiger partial charge in [-0.2, -0.15) is 0 Å². The van der Waals surface area contributed by atoms with Crippen LogP contribution in [0.5, 0.6) is 11.5 Å². The van der Waals surface area contributed by atoms with Gasteiger partial charge in [0.15, 0.2) is 11.5 Å². The van der Waals surface area contributed by atoms with Crippen LogP contribution in [0.25, 0.3) is 0 Å². The fraction of sp³-hybridized carbons (Fsp3) is 0.533. The molecule has 0 aliphatic carbocycles. The zero-order valence-corrected chi connectivity index (χ0v) is 12.6. The van der Waals surface area contributed by atoms with Crippen LogP contribution in [0.1, 0.15) is 11.5 Å². The second-order valence-corrected chi connectivity index (χ2v) is 5.79. The van der Waals surface area contributed by atoms with Crippen molar-refractivity contribution >= 4 is 5.91 Å². The molecule has 0 bridgehead atoms. The van der Waals surface area contributed by atoms with Crippen molar-refractivity contribution in [2.45, 2.75) is 18.2 Å². The van der Waals surface area contributed by atoms with Gasteiger partial charge in [0.1, 0.15) is 12.3 Å². The number of carbonyl (C=O) groups excluding carboxylic acids is 1. The van der Waals surface area contributed by atoms with Gasteiger partial charge in [-0.05, 0) is 17.7 Å². The summed E-state index contributed by atoms with van der Waals surface area (Å²) in [5, 5.41) is 6.17. The highest BCUT2D eigenvalue weighted by atomic mass is 16.7. The summed E-state index contributed by atoms with van der Waals surface area (Å²) in [6.45, 7) is 2.86. The first-order valence-electron chi connectivity index (χ1n) is 7.82. The van der Waals surface area contributed by atoms with Gasteiger partial charge in [0, 0.05) is 25.6 Å². The molecule has 4 rings (SSSR count). The van der Waals surface area contributed by atoms with E-state index in [-0.39, 0.29) is 24.8 Å². The molecule has 0 radical (unpaired) electrons. The number of hydrogen-bond acceptors (Lipinski definition) is 7. The highest BCUT2D eigenvalue weighted by Crippen LogP contribution is 2.35. The Bertz CT molecular complexity index is 591. The second-order valence-electron chi connectivity index (χ2n) is 5.79. The molecular formula is C15H20N4O4. The molecule has 2 fully saturated rings. The van der Waals surface area contributed by atoms with Crippen molar-refractivity contribution in [3.8, 4) is 11.5 Å². The van der Waals surface area contributed by atoms with E-state index < -0.39 is 6.10 Å². The van der Waals surface area contributed by atoms with E-state index in [0.29, 0.717) is 19.7 Å². The molecule has 2 unspecified atom stereocenters. The van der Waals surface area contributed by atoms with Gasteiger partial charge in [0.2, 0.25) is 6.79 Å². The minimum atomic E-state index is -0.441. The Morgan fingerprint density at radius 1 is 1.22 bits per heavy atom. The number of morpholine rings is 1. The molecule has 124 valence electrons. The quantitative estimate of drug-likeness (QED) is 0.570. The average molecular weight is 320 g/mol. The molecular weight excluding hydrogens is 300 g/mol. The molecule has 0 aromatic heterocycles. The summed E-state index contributed by atoms with van der Waals surface area (Å²) in [5.74, 6) is 1.50. The number of benzene rings is 1. The third-order valence-electron chi connectivity index (χ3n) is 4.32. The van der Waals surface area contributed by atoms with Crippen molar-refractivity contribution in [3.05, 3.63) is 23.8 Å². The van der Waals surface area contributed by atoms with Crippen LogP contribution in [-0.2, 0) is 9.53 Å². The van der Waals surface area contributed by atoms with E-state index in [4.69, 9.17) is 14.2 Å². The van der Waals surface area contributed by atoms with Crippen LogP contribution in [0.4, 0.5) is 0 Å². The summed E-state index contributed by atoms with van der Waals surface area (Å²) in [6, 6.07) is 5.88. The summed E-state index contributed by atoms with van der Waals surface area (Å²) in [4.78, 5) is 12.3. The van der Waals surface area contributed by atoms with E-state index in [1.54, 1.807) is 0 Å². The molecule has 1 amide bonds. The number of nitrogens with one attached hydrogen (secondary N) is 4. The van der Waals surface area contributed by atoms with Crippen molar-refractivity contribution < 1.29 is 19.0 Å². The van der Waals surface area contributed by atoms with Crippen LogP contribution in [0.15, 0.2) is 18.2 Å². The fourth-order valence-electron chi connectivity index (χ4n) is 3.07. The maximum absolute atomic E-state index is 12.3. The Hall–Kier alpha value is -1.87. The Kier molecular flexibility index (Phi) is 4.04. The minimum absolute atomic E-state index is 0.102. The van der Waals surface area contributed by atoms with Gasteiger partial charge in [-0.15, -0.1) is 0 Å². The molecule has 3 atom stereocenters. The predicted molar refractivity (Wildman–Crippen MR) is 81.0 cm³/mol.